The molecule has 162 valence electrons. The van der Waals surface area contributed by atoms with Gasteiger partial charge in [0.1, 0.15) is 17.5 Å². The number of hydrogen-bond acceptors (Lipinski definition) is 5. The zero-order valence-corrected chi connectivity index (χ0v) is 17.9. The quantitative estimate of drug-likeness (QED) is 0.488. The molecule has 1 aromatic heterocycles. The smallest absolute Gasteiger partial charge is 0.234 e. The van der Waals surface area contributed by atoms with Crippen LogP contribution in [0.3, 0.4) is 0 Å². The number of halogens is 3. The van der Waals surface area contributed by atoms with E-state index in [9.17, 15) is 18.4 Å². The van der Waals surface area contributed by atoms with E-state index in [0.29, 0.717) is 23.2 Å². The number of thioether (sulfide) groups is 1. The van der Waals surface area contributed by atoms with Crippen molar-refractivity contribution < 1.29 is 18.4 Å². The number of carbonyl (C=O) groups is 2. The van der Waals surface area contributed by atoms with Crippen LogP contribution >= 0.6 is 23.4 Å². The number of anilines is 2. The van der Waals surface area contributed by atoms with Crippen molar-refractivity contribution in [1.82, 2.24) is 14.8 Å². The Morgan fingerprint density at radius 2 is 1.84 bits per heavy atom. The highest BCUT2D eigenvalue weighted by Crippen LogP contribution is 2.21. The Morgan fingerprint density at radius 1 is 1.06 bits per heavy atom. The van der Waals surface area contributed by atoms with Crippen molar-refractivity contribution in [2.75, 3.05) is 16.4 Å². The van der Waals surface area contributed by atoms with Gasteiger partial charge in [0.2, 0.25) is 11.8 Å². The second-order valence-electron chi connectivity index (χ2n) is 6.31. The van der Waals surface area contributed by atoms with Crippen molar-refractivity contribution in [3.8, 4) is 0 Å². The molecular weight excluding hydrogens is 448 g/mol. The van der Waals surface area contributed by atoms with Gasteiger partial charge in [-0.05, 0) is 37.3 Å². The molecule has 0 aliphatic heterocycles. The first-order chi connectivity index (χ1) is 14.9. The van der Waals surface area contributed by atoms with Crippen molar-refractivity contribution in [3.63, 3.8) is 0 Å². The van der Waals surface area contributed by atoms with E-state index in [1.54, 1.807) is 10.6 Å². The molecule has 31 heavy (non-hydrogen) atoms. The summed E-state index contributed by atoms with van der Waals surface area (Å²) in [6, 6.07) is 9.76. The summed E-state index contributed by atoms with van der Waals surface area (Å²) < 4.78 is 28.6. The molecule has 0 aliphatic carbocycles. The normalized spacial score (nSPS) is 10.7. The minimum atomic E-state index is -0.573. The van der Waals surface area contributed by atoms with Gasteiger partial charge in [-0.2, -0.15) is 0 Å². The molecule has 7 nitrogen and oxygen atoms in total. The summed E-state index contributed by atoms with van der Waals surface area (Å²) in [5.74, 6) is -1.46. The third-order valence-electron chi connectivity index (χ3n) is 4.11. The van der Waals surface area contributed by atoms with Gasteiger partial charge in [-0.25, -0.2) is 8.78 Å². The van der Waals surface area contributed by atoms with Gasteiger partial charge < -0.3 is 15.2 Å². The van der Waals surface area contributed by atoms with Crippen molar-refractivity contribution in [3.05, 3.63) is 64.9 Å². The van der Waals surface area contributed by atoms with Crippen LogP contribution in [-0.4, -0.2) is 32.3 Å². The van der Waals surface area contributed by atoms with Crippen LogP contribution in [-0.2, 0) is 22.6 Å². The summed E-state index contributed by atoms with van der Waals surface area (Å²) >= 11 is 6.85. The third-order valence-corrected chi connectivity index (χ3v) is 5.37. The fourth-order valence-electron chi connectivity index (χ4n) is 2.68. The molecule has 0 bridgehead atoms. The molecule has 2 amide bonds. The van der Waals surface area contributed by atoms with E-state index in [1.165, 1.54) is 30.3 Å². The number of para-hydroxylation sites is 1. The molecule has 0 radical (unpaired) electrons. The molecule has 0 atom stereocenters. The molecule has 3 aromatic rings. The summed E-state index contributed by atoms with van der Waals surface area (Å²) in [4.78, 5) is 24.4. The first-order valence-corrected chi connectivity index (χ1v) is 10.6. The Balaban J connectivity index is 1.59. The largest absolute Gasteiger partial charge is 0.325 e. The van der Waals surface area contributed by atoms with E-state index in [-0.39, 0.29) is 28.8 Å². The van der Waals surface area contributed by atoms with Gasteiger partial charge in [0.05, 0.1) is 22.9 Å². The van der Waals surface area contributed by atoms with E-state index in [0.717, 1.165) is 17.8 Å². The van der Waals surface area contributed by atoms with Gasteiger partial charge in [0.25, 0.3) is 0 Å². The maximum absolute atomic E-state index is 13.7. The summed E-state index contributed by atoms with van der Waals surface area (Å²) in [6.07, 6.45) is -0.101. The molecule has 0 unspecified atom stereocenters. The molecule has 1 heterocycles. The van der Waals surface area contributed by atoms with E-state index >= 15 is 0 Å². The first kappa shape index (κ1) is 22.7. The molecule has 0 saturated carbocycles. The molecule has 0 fully saturated rings. The highest BCUT2D eigenvalue weighted by Gasteiger charge is 2.17. The fraction of sp³-hybridized carbons (Fsp3) is 0.200. The Labute approximate surface area is 186 Å². The number of aromatic nitrogens is 3. The van der Waals surface area contributed by atoms with Gasteiger partial charge in [0.15, 0.2) is 5.16 Å². The molecule has 2 aromatic carbocycles. The Bertz CT molecular complexity index is 1110. The number of hydrogen-bond donors (Lipinski definition) is 2. The number of rotatable bonds is 8. The number of carbonyl (C=O) groups excluding carboxylic acids is 2. The summed E-state index contributed by atoms with van der Waals surface area (Å²) in [7, 11) is 0. The lowest BCUT2D eigenvalue weighted by atomic mass is 10.3. The van der Waals surface area contributed by atoms with Crippen LogP contribution in [0.2, 0.25) is 5.02 Å². The highest BCUT2D eigenvalue weighted by molar-refractivity contribution is 7.99. The van der Waals surface area contributed by atoms with Gasteiger partial charge >= 0.3 is 0 Å². The van der Waals surface area contributed by atoms with E-state index in [1.807, 2.05) is 6.92 Å². The SMILES string of the molecule is CCn1c(CC(=O)Nc2ccccc2F)nnc1SCC(=O)Nc1ccc(F)c(Cl)c1. The lowest BCUT2D eigenvalue weighted by Crippen LogP contribution is -2.18. The first-order valence-electron chi connectivity index (χ1n) is 9.21. The predicted octanol–water partition coefficient (Wildman–Crippen LogP) is 4.14. The Kier molecular flexibility index (Phi) is 7.59. The molecular formula is C20H18ClF2N5O2S. The Hall–Kier alpha value is -2.98. The zero-order valence-electron chi connectivity index (χ0n) is 16.4. The Morgan fingerprint density at radius 3 is 2.55 bits per heavy atom. The predicted molar refractivity (Wildman–Crippen MR) is 115 cm³/mol. The molecule has 0 aliphatic rings. The molecule has 0 spiro atoms. The maximum Gasteiger partial charge on any atom is 0.234 e. The number of nitrogens with one attached hydrogen (secondary N) is 2. The van der Waals surface area contributed by atoms with Crippen molar-refractivity contribution in [1.29, 1.82) is 0 Å². The number of benzene rings is 2. The third kappa shape index (κ3) is 6.02. The van der Waals surface area contributed by atoms with Crippen molar-refractivity contribution in [2.24, 2.45) is 0 Å². The second kappa shape index (κ2) is 10.4. The van der Waals surface area contributed by atoms with Crippen LogP contribution in [0.15, 0.2) is 47.6 Å². The summed E-state index contributed by atoms with van der Waals surface area (Å²) in [5, 5.41) is 13.6. The minimum absolute atomic E-state index is 0.0224. The van der Waals surface area contributed by atoms with Crippen molar-refractivity contribution >= 4 is 46.6 Å². The zero-order chi connectivity index (χ0) is 22.4. The number of amides is 2. The molecule has 2 N–H and O–H groups in total. The standard InChI is InChI=1S/C20H18ClF2N5O2S/c1-2-28-17(10-18(29)25-16-6-4-3-5-15(16)23)26-27-20(28)31-11-19(30)24-12-7-8-14(22)13(21)9-12/h3-9H,2,10-11H2,1H3,(H,24,30)(H,25,29). The molecule has 3 rings (SSSR count). The van der Waals surface area contributed by atoms with Crippen molar-refractivity contribution in [2.45, 2.75) is 25.0 Å². The minimum Gasteiger partial charge on any atom is -0.325 e. The fourth-order valence-corrected chi connectivity index (χ4v) is 3.68. The van der Waals surface area contributed by atoms with E-state index in [4.69, 9.17) is 11.6 Å². The maximum atomic E-state index is 13.7. The number of nitrogens with zero attached hydrogens (tertiary/aromatic N) is 3. The lowest BCUT2D eigenvalue weighted by molar-refractivity contribution is -0.116. The lowest BCUT2D eigenvalue weighted by Gasteiger charge is -2.09. The highest BCUT2D eigenvalue weighted by atomic mass is 35.5. The van der Waals surface area contributed by atoms with Crippen LogP contribution in [0.4, 0.5) is 20.2 Å². The average Bonchev–Trinajstić information content (AvgIpc) is 3.12. The molecule has 0 saturated heterocycles. The van der Waals surface area contributed by atoms with Gasteiger partial charge in [0, 0.05) is 12.2 Å². The topological polar surface area (TPSA) is 88.9 Å². The monoisotopic (exact) mass is 465 g/mol. The summed E-state index contributed by atoms with van der Waals surface area (Å²) in [6.45, 7) is 2.33. The van der Waals surface area contributed by atoms with E-state index < -0.39 is 17.5 Å². The van der Waals surface area contributed by atoms with Crippen LogP contribution in [0.1, 0.15) is 12.7 Å². The van der Waals surface area contributed by atoms with E-state index in [2.05, 4.69) is 20.8 Å². The van der Waals surface area contributed by atoms with Crippen LogP contribution in [0.25, 0.3) is 0 Å². The van der Waals surface area contributed by atoms with Gasteiger partial charge in [-0.15, -0.1) is 10.2 Å². The second-order valence-corrected chi connectivity index (χ2v) is 7.66. The van der Waals surface area contributed by atoms with Gasteiger partial charge in [-0.3, -0.25) is 9.59 Å². The van der Waals surface area contributed by atoms with Crippen LogP contribution in [0.5, 0.6) is 0 Å². The van der Waals surface area contributed by atoms with Gasteiger partial charge in [-0.1, -0.05) is 35.5 Å². The van der Waals surface area contributed by atoms with Crippen LogP contribution < -0.4 is 10.6 Å². The average molecular weight is 466 g/mol. The summed E-state index contributed by atoms with van der Waals surface area (Å²) in [5.41, 5.74) is 0.460. The van der Waals surface area contributed by atoms with Crippen LogP contribution in [0, 0.1) is 11.6 Å². The molecule has 11 heteroatoms.